The number of aliphatic carboxylic acids is 1. The number of hydrogen-bond acceptors (Lipinski definition) is 2. The molecule has 0 heterocycles. The van der Waals surface area contributed by atoms with Crippen LogP contribution in [0.1, 0.15) is 19.4 Å². The first-order valence-electron chi connectivity index (χ1n) is 5.94. The van der Waals surface area contributed by atoms with Crippen LogP contribution in [0.15, 0.2) is 22.7 Å². The standard InChI is InChI=1S/C13H13BrF3NO3/c1-6(7(2)12(20)21)11(19)18-10-4-8(13(15,16)17)3-9(14)5-10/h3-7H,1-2H3,(H,18,19)(H,20,21). The van der Waals surface area contributed by atoms with Crippen LogP contribution < -0.4 is 5.32 Å². The zero-order chi connectivity index (χ0) is 16.4. The van der Waals surface area contributed by atoms with Gasteiger partial charge in [0.05, 0.1) is 11.5 Å². The molecule has 0 aliphatic carbocycles. The number of carboxylic acid groups (broad SMARTS) is 1. The molecule has 8 heteroatoms. The Balaban J connectivity index is 2.96. The largest absolute Gasteiger partial charge is 0.481 e. The fourth-order valence-electron chi connectivity index (χ4n) is 1.52. The van der Waals surface area contributed by atoms with Gasteiger partial charge in [-0.15, -0.1) is 0 Å². The fraction of sp³-hybridized carbons (Fsp3) is 0.385. The van der Waals surface area contributed by atoms with Gasteiger partial charge in [-0.1, -0.05) is 29.8 Å². The zero-order valence-corrected chi connectivity index (χ0v) is 12.7. The van der Waals surface area contributed by atoms with Gasteiger partial charge in [-0.25, -0.2) is 0 Å². The maximum Gasteiger partial charge on any atom is 0.416 e. The molecule has 0 saturated carbocycles. The maximum absolute atomic E-state index is 12.7. The Labute approximate surface area is 127 Å². The molecule has 0 bridgehead atoms. The Morgan fingerprint density at radius 2 is 1.76 bits per heavy atom. The molecule has 1 amide bonds. The van der Waals surface area contributed by atoms with E-state index in [-0.39, 0.29) is 10.2 Å². The lowest BCUT2D eigenvalue weighted by Crippen LogP contribution is -2.30. The molecule has 0 aliphatic heterocycles. The SMILES string of the molecule is CC(C(=O)O)C(C)C(=O)Nc1cc(Br)cc(C(F)(F)F)c1. The number of anilines is 1. The molecule has 1 rings (SSSR count). The molecule has 0 spiro atoms. The number of carboxylic acids is 1. The van der Waals surface area contributed by atoms with Crippen molar-refractivity contribution in [2.45, 2.75) is 20.0 Å². The Kier molecular flexibility index (Phi) is 5.38. The van der Waals surface area contributed by atoms with Gasteiger partial charge < -0.3 is 10.4 Å². The van der Waals surface area contributed by atoms with Gasteiger partial charge in [-0.2, -0.15) is 13.2 Å². The van der Waals surface area contributed by atoms with E-state index >= 15 is 0 Å². The number of carbonyl (C=O) groups is 2. The third kappa shape index (κ3) is 4.73. The summed E-state index contributed by atoms with van der Waals surface area (Å²) in [6.07, 6.45) is -4.54. The monoisotopic (exact) mass is 367 g/mol. The average molecular weight is 368 g/mol. The molecule has 0 aromatic heterocycles. The second-order valence-electron chi connectivity index (χ2n) is 4.63. The minimum Gasteiger partial charge on any atom is -0.481 e. The highest BCUT2D eigenvalue weighted by atomic mass is 79.9. The molecular formula is C13H13BrF3NO3. The van der Waals surface area contributed by atoms with Crippen molar-refractivity contribution in [3.63, 3.8) is 0 Å². The highest BCUT2D eigenvalue weighted by molar-refractivity contribution is 9.10. The van der Waals surface area contributed by atoms with Crippen molar-refractivity contribution in [3.8, 4) is 0 Å². The third-order valence-corrected chi connectivity index (χ3v) is 3.50. The first-order valence-corrected chi connectivity index (χ1v) is 6.73. The molecule has 0 radical (unpaired) electrons. The summed E-state index contributed by atoms with van der Waals surface area (Å²) < 4.78 is 38.2. The number of carbonyl (C=O) groups excluding carboxylic acids is 1. The van der Waals surface area contributed by atoms with Gasteiger partial charge in [-0.3, -0.25) is 9.59 Å². The van der Waals surface area contributed by atoms with Crippen LogP contribution in [-0.2, 0) is 15.8 Å². The van der Waals surface area contributed by atoms with Crippen LogP contribution in [0.3, 0.4) is 0 Å². The van der Waals surface area contributed by atoms with E-state index in [4.69, 9.17) is 5.11 Å². The fourth-order valence-corrected chi connectivity index (χ4v) is 2.02. The van der Waals surface area contributed by atoms with E-state index in [2.05, 4.69) is 21.2 Å². The molecule has 0 aliphatic rings. The minimum atomic E-state index is -4.54. The molecule has 0 fully saturated rings. The molecule has 2 unspecified atom stereocenters. The zero-order valence-electron chi connectivity index (χ0n) is 11.2. The number of rotatable bonds is 4. The second-order valence-corrected chi connectivity index (χ2v) is 5.55. The topological polar surface area (TPSA) is 66.4 Å². The van der Waals surface area contributed by atoms with E-state index in [1.807, 2.05) is 0 Å². The first-order chi connectivity index (χ1) is 9.52. The molecule has 116 valence electrons. The van der Waals surface area contributed by atoms with Crippen molar-refractivity contribution < 1.29 is 27.9 Å². The summed E-state index contributed by atoms with van der Waals surface area (Å²) in [6, 6.07) is 2.99. The molecule has 0 saturated heterocycles. The Bertz CT molecular complexity index is 560. The summed E-state index contributed by atoms with van der Waals surface area (Å²) in [4.78, 5) is 22.7. The average Bonchev–Trinajstić information content (AvgIpc) is 2.34. The lowest BCUT2D eigenvalue weighted by Gasteiger charge is -2.17. The normalized spacial score (nSPS) is 14.4. The van der Waals surface area contributed by atoms with Crippen LogP contribution in [0.2, 0.25) is 0 Å². The van der Waals surface area contributed by atoms with Crippen molar-refractivity contribution in [3.05, 3.63) is 28.2 Å². The summed E-state index contributed by atoms with van der Waals surface area (Å²) in [5, 5.41) is 11.1. The number of hydrogen-bond donors (Lipinski definition) is 2. The van der Waals surface area contributed by atoms with Gasteiger partial charge >= 0.3 is 12.1 Å². The van der Waals surface area contributed by atoms with Crippen molar-refractivity contribution in [1.82, 2.24) is 0 Å². The molecule has 2 atom stereocenters. The van der Waals surface area contributed by atoms with Crippen LogP contribution >= 0.6 is 15.9 Å². The van der Waals surface area contributed by atoms with Gasteiger partial charge in [0.15, 0.2) is 0 Å². The molecule has 21 heavy (non-hydrogen) atoms. The maximum atomic E-state index is 12.7. The van der Waals surface area contributed by atoms with E-state index in [1.165, 1.54) is 19.9 Å². The van der Waals surface area contributed by atoms with Gasteiger partial charge in [0, 0.05) is 16.1 Å². The first kappa shape index (κ1) is 17.5. The predicted molar refractivity (Wildman–Crippen MR) is 73.7 cm³/mol. The van der Waals surface area contributed by atoms with Crippen molar-refractivity contribution in [2.75, 3.05) is 5.32 Å². The van der Waals surface area contributed by atoms with Crippen LogP contribution in [-0.4, -0.2) is 17.0 Å². The number of halogens is 4. The van der Waals surface area contributed by atoms with Crippen LogP contribution in [0.5, 0.6) is 0 Å². The molecular weight excluding hydrogens is 355 g/mol. The lowest BCUT2D eigenvalue weighted by molar-refractivity contribution is -0.145. The highest BCUT2D eigenvalue weighted by Crippen LogP contribution is 2.33. The summed E-state index contributed by atoms with van der Waals surface area (Å²) in [6.45, 7) is 2.76. The molecule has 1 aromatic carbocycles. The summed E-state index contributed by atoms with van der Waals surface area (Å²) >= 11 is 2.94. The van der Waals surface area contributed by atoms with E-state index in [1.54, 1.807) is 0 Å². The van der Waals surface area contributed by atoms with E-state index in [9.17, 15) is 22.8 Å². The Morgan fingerprint density at radius 3 is 2.24 bits per heavy atom. The minimum absolute atomic E-state index is 0.0499. The third-order valence-electron chi connectivity index (χ3n) is 3.05. The summed E-state index contributed by atoms with van der Waals surface area (Å²) in [7, 11) is 0. The molecule has 4 nitrogen and oxygen atoms in total. The Morgan fingerprint density at radius 1 is 1.19 bits per heavy atom. The highest BCUT2D eigenvalue weighted by Gasteiger charge is 2.31. The number of alkyl halides is 3. The van der Waals surface area contributed by atoms with E-state index < -0.39 is 35.5 Å². The quantitative estimate of drug-likeness (QED) is 0.851. The number of benzene rings is 1. The summed E-state index contributed by atoms with van der Waals surface area (Å²) in [5.74, 6) is -3.63. The van der Waals surface area contributed by atoms with Crippen LogP contribution in [0, 0.1) is 11.8 Å². The van der Waals surface area contributed by atoms with Gasteiger partial charge in [0.2, 0.25) is 5.91 Å². The molecule has 1 aromatic rings. The van der Waals surface area contributed by atoms with Crippen LogP contribution in [0.4, 0.5) is 18.9 Å². The summed E-state index contributed by atoms with van der Waals surface area (Å²) in [5.41, 5.74) is -0.961. The number of nitrogens with one attached hydrogen (secondary N) is 1. The van der Waals surface area contributed by atoms with E-state index in [0.717, 1.165) is 12.1 Å². The van der Waals surface area contributed by atoms with Gasteiger partial charge in [-0.05, 0) is 18.2 Å². The Hall–Kier alpha value is -1.57. The molecule has 2 N–H and O–H groups in total. The smallest absolute Gasteiger partial charge is 0.416 e. The predicted octanol–water partition coefficient (Wildman–Crippen LogP) is 3.76. The van der Waals surface area contributed by atoms with Crippen molar-refractivity contribution in [2.24, 2.45) is 11.8 Å². The lowest BCUT2D eigenvalue weighted by atomic mass is 9.95. The van der Waals surface area contributed by atoms with Gasteiger partial charge in [0.1, 0.15) is 0 Å². The second kappa shape index (κ2) is 6.46. The van der Waals surface area contributed by atoms with E-state index in [0.29, 0.717) is 0 Å². The number of amides is 1. The van der Waals surface area contributed by atoms with Crippen molar-refractivity contribution >= 4 is 33.5 Å². The van der Waals surface area contributed by atoms with Crippen LogP contribution in [0.25, 0.3) is 0 Å². The van der Waals surface area contributed by atoms with Crippen molar-refractivity contribution in [1.29, 1.82) is 0 Å². The van der Waals surface area contributed by atoms with Gasteiger partial charge in [0.25, 0.3) is 0 Å².